The van der Waals surface area contributed by atoms with Crippen molar-refractivity contribution in [2.24, 2.45) is 12.8 Å². The third-order valence-corrected chi connectivity index (χ3v) is 1.28. The minimum absolute atomic E-state index is 0.310. The molecule has 0 fully saturated rings. The second kappa shape index (κ2) is 3.14. The maximum absolute atomic E-state index is 10.3. The number of primary amides is 1. The van der Waals surface area contributed by atoms with Crippen LogP contribution >= 0.6 is 0 Å². The lowest BCUT2D eigenvalue weighted by Gasteiger charge is -1.88. The molecule has 1 heterocycles. The van der Waals surface area contributed by atoms with Crippen LogP contribution in [0.4, 0.5) is 0 Å². The third kappa shape index (κ3) is 2.37. The van der Waals surface area contributed by atoms with Crippen molar-refractivity contribution in [2.45, 2.75) is 12.8 Å². The second-order valence-corrected chi connectivity index (χ2v) is 2.35. The van der Waals surface area contributed by atoms with Crippen LogP contribution in [0.15, 0.2) is 6.20 Å². The first-order chi connectivity index (χ1) is 5.18. The zero-order valence-electron chi connectivity index (χ0n) is 6.32. The largest absolute Gasteiger partial charge is 0.370 e. The summed E-state index contributed by atoms with van der Waals surface area (Å²) in [6.07, 6.45) is 2.67. The molecule has 0 saturated carbocycles. The van der Waals surface area contributed by atoms with Gasteiger partial charge in [0.05, 0.1) is 5.69 Å². The van der Waals surface area contributed by atoms with Crippen LogP contribution in [0.2, 0.25) is 0 Å². The molecule has 5 nitrogen and oxygen atoms in total. The van der Waals surface area contributed by atoms with E-state index in [0.29, 0.717) is 12.8 Å². The molecule has 0 radical (unpaired) electrons. The quantitative estimate of drug-likeness (QED) is 0.621. The van der Waals surface area contributed by atoms with Gasteiger partial charge in [0.25, 0.3) is 0 Å². The molecule has 0 aliphatic rings. The van der Waals surface area contributed by atoms with E-state index in [1.54, 1.807) is 17.9 Å². The molecule has 1 amide bonds. The number of nitrogens with two attached hydrogens (primary N) is 1. The number of rotatable bonds is 3. The summed E-state index contributed by atoms with van der Waals surface area (Å²) < 4.78 is 1.59. The molecule has 11 heavy (non-hydrogen) atoms. The van der Waals surface area contributed by atoms with Crippen LogP contribution < -0.4 is 5.73 Å². The fraction of sp³-hybridized carbons (Fsp3) is 0.500. The van der Waals surface area contributed by atoms with Gasteiger partial charge in [-0.15, -0.1) is 5.10 Å². The first-order valence-electron chi connectivity index (χ1n) is 3.32. The summed E-state index contributed by atoms with van der Waals surface area (Å²) in [7, 11) is 1.78. The number of carbonyl (C=O) groups excluding carboxylic acids is 1. The lowest BCUT2D eigenvalue weighted by atomic mass is 10.2. The molecule has 0 saturated heterocycles. The molecule has 0 aromatic carbocycles. The van der Waals surface area contributed by atoms with Crippen molar-refractivity contribution >= 4 is 5.91 Å². The molecular formula is C6H10N4O. The van der Waals surface area contributed by atoms with Gasteiger partial charge >= 0.3 is 0 Å². The summed E-state index contributed by atoms with van der Waals surface area (Å²) in [5.41, 5.74) is 5.75. The molecular weight excluding hydrogens is 144 g/mol. The molecule has 60 valence electrons. The van der Waals surface area contributed by atoms with E-state index >= 15 is 0 Å². The predicted molar refractivity (Wildman–Crippen MR) is 38.5 cm³/mol. The molecule has 1 aromatic heterocycles. The number of carbonyl (C=O) groups is 1. The number of hydrogen-bond acceptors (Lipinski definition) is 3. The smallest absolute Gasteiger partial charge is 0.217 e. The number of amides is 1. The van der Waals surface area contributed by atoms with Gasteiger partial charge in [0, 0.05) is 26.1 Å². The van der Waals surface area contributed by atoms with Gasteiger partial charge in [-0.25, -0.2) is 0 Å². The van der Waals surface area contributed by atoms with Gasteiger partial charge in [0.2, 0.25) is 5.91 Å². The highest BCUT2D eigenvalue weighted by Gasteiger charge is 1.99. The third-order valence-electron chi connectivity index (χ3n) is 1.28. The summed E-state index contributed by atoms with van der Waals surface area (Å²) in [4.78, 5) is 10.3. The first kappa shape index (κ1) is 7.71. The highest BCUT2D eigenvalue weighted by atomic mass is 16.1. The minimum atomic E-state index is -0.310. The van der Waals surface area contributed by atoms with Crippen LogP contribution in [-0.2, 0) is 18.3 Å². The number of aryl methyl sites for hydroxylation is 2. The fourth-order valence-electron chi connectivity index (χ4n) is 0.761. The SMILES string of the molecule is Cn1cc(CCC(N)=O)nn1. The Hall–Kier alpha value is -1.39. The average molecular weight is 154 g/mol. The lowest BCUT2D eigenvalue weighted by Crippen LogP contribution is -2.11. The second-order valence-electron chi connectivity index (χ2n) is 2.35. The van der Waals surface area contributed by atoms with Gasteiger partial charge in [-0.1, -0.05) is 5.21 Å². The van der Waals surface area contributed by atoms with Crippen molar-refractivity contribution in [2.75, 3.05) is 0 Å². The van der Waals surface area contributed by atoms with Crippen LogP contribution in [0.1, 0.15) is 12.1 Å². The highest BCUT2D eigenvalue weighted by Crippen LogP contribution is 1.95. The molecule has 1 aromatic rings. The van der Waals surface area contributed by atoms with Crippen molar-refractivity contribution in [3.8, 4) is 0 Å². The first-order valence-corrected chi connectivity index (χ1v) is 3.32. The van der Waals surface area contributed by atoms with Gasteiger partial charge in [-0.05, 0) is 0 Å². The molecule has 0 spiro atoms. The molecule has 1 rings (SSSR count). The Morgan fingerprint density at radius 3 is 3.00 bits per heavy atom. The summed E-state index contributed by atoms with van der Waals surface area (Å²) >= 11 is 0. The maximum atomic E-state index is 10.3. The molecule has 5 heteroatoms. The van der Waals surface area contributed by atoms with Crippen LogP contribution in [0, 0.1) is 0 Å². The predicted octanol–water partition coefficient (Wildman–Crippen LogP) is -0.767. The molecule has 0 unspecified atom stereocenters. The molecule has 0 aliphatic heterocycles. The van der Waals surface area contributed by atoms with E-state index in [1.165, 1.54) is 0 Å². The van der Waals surface area contributed by atoms with Gasteiger partial charge in [0.15, 0.2) is 0 Å². The van der Waals surface area contributed by atoms with Gasteiger partial charge < -0.3 is 5.73 Å². The summed E-state index contributed by atoms with van der Waals surface area (Å²) in [6, 6.07) is 0. The van der Waals surface area contributed by atoms with Crippen LogP contribution in [0.5, 0.6) is 0 Å². The zero-order valence-corrected chi connectivity index (χ0v) is 6.32. The monoisotopic (exact) mass is 154 g/mol. The topological polar surface area (TPSA) is 73.8 Å². The number of hydrogen-bond donors (Lipinski definition) is 1. The number of aromatic nitrogens is 3. The Morgan fingerprint density at radius 2 is 2.55 bits per heavy atom. The standard InChI is InChI=1S/C6H10N4O/c1-10-4-5(8-9-10)2-3-6(7)11/h4H,2-3H2,1H3,(H2,7,11). The Morgan fingerprint density at radius 1 is 1.82 bits per heavy atom. The van der Waals surface area contributed by atoms with Crippen molar-refractivity contribution in [1.29, 1.82) is 0 Å². The molecule has 0 bridgehead atoms. The Balaban J connectivity index is 2.45. The van der Waals surface area contributed by atoms with E-state index in [1.807, 2.05) is 0 Å². The van der Waals surface area contributed by atoms with Crippen molar-refractivity contribution in [1.82, 2.24) is 15.0 Å². The van der Waals surface area contributed by atoms with Crippen molar-refractivity contribution in [3.63, 3.8) is 0 Å². The molecule has 0 aliphatic carbocycles. The van der Waals surface area contributed by atoms with E-state index in [4.69, 9.17) is 5.73 Å². The van der Waals surface area contributed by atoms with Crippen LogP contribution in [0.3, 0.4) is 0 Å². The van der Waals surface area contributed by atoms with Gasteiger partial charge in [-0.3, -0.25) is 9.48 Å². The average Bonchev–Trinajstić information content (AvgIpc) is 2.31. The lowest BCUT2D eigenvalue weighted by molar-refractivity contribution is -0.118. The van der Waals surface area contributed by atoms with E-state index in [9.17, 15) is 4.79 Å². The summed E-state index contributed by atoms with van der Waals surface area (Å²) in [6.45, 7) is 0. The Labute approximate surface area is 64.2 Å². The zero-order chi connectivity index (χ0) is 8.27. The van der Waals surface area contributed by atoms with Crippen molar-refractivity contribution in [3.05, 3.63) is 11.9 Å². The normalized spacial score (nSPS) is 9.91. The Bertz CT molecular complexity index is 255. The van der Waals surface area contributed by atoms with Crippen LogP contribution in [0.25, 0.3) is 0 Å². The van der Waals surface area contributed by atoms with Gasteiger partial charge in [-0.2, -0.15) is 0 Å². The highest BCUT2D eigenvalue weighted by molar-refractivity contribution is 5.73. The minimum Gasteiger partial charge on any atom is -0.370 e. The van der Waals surface area contributed by atoms with Gasteiger partial charge in [0.1, 0.15) is 0 Å². The van der Waals surface area contributed by atoms with Crippen molar-refractivity contribution < 1.29 is 4.79 Å². The fourth-order valence-corrected chi connectivity index (χ4v) is 0.761. The van der Waals surface area contributed by atoms with Crippen LogP contribution in [-0.4, -0.2) is 20.9 Å². The summed E-state index contributed by atoms with van der Waals surface area (Å²) in [5, 5.41) is 7.50. The van der Waals surface area contributed by atoms with E-state index in [2.05, 4.69) is 10.3 Å². The molecule has 0 atom stereocenters. The molecule has 2 N–H and O–H groups in total. The Kier molecular flexibility index (Phi) is 2.20. The maximum Gasteiger partial charge on any atom is 0.217 e. The number of nitrogens with zero attached hydrogens (tertiary/aromatic N) is 3. The van der Waals surface area contributed by atoms with E-state index in [0.717, 1.165) is 5.69 Å². The van der Waals surface area contributed by atoms with E-state index < -0.39 is 0 Å². The van der Waals surface area contributed by atoms with E-state index in [-0.39, 0.29) is 5.91 Å². The summed E-state index contributed by atoms with van der Waals surface area (Å²) in [5.74, 6) is -0.310.